The van der Waals surface area contributed by atoms with Crippen LogP contribution in [-0.4, -0.2) is 61.0 Å². The van der Waals surface area contributed by atoms with E-state index < -0.39 is 6.04 Å². The summed E-state index contributed by atoms with van der Waals surface area (Å²) in [6.07, 6.45) is 3.58. The Morgan fingerprint density at radius 2 is 1.84 bits per heavy atom. The molecule has 0 bridgehead atoms. The first-order valence-corrected chi connectivity index (χ1v) is 8.42. The van der Waals surface area contributed by atoms with Gasteiger partial charge < -0.3 is 9.80 Å². The summed E-state index contributed by atoms with van der Waals surface area (Å²) >= 11 is 0. The van der Waals surface area contributed by atoms with Crippen LogP contribution in [-0.2, 0) is 4.79 Å². The number of anilines is 1. The first kappa shape index (κ1) is 17.4. The van der Waals surface area contributed by atoms with Crippen LogP contribution in [0.25, 0.3) is 0 Å². The number of hydrogen-bond donors (Lipinski definition) is 0. The van der Waals surface area contributed by atoms with Crippen molar-refractivity contribution in [2.75, 3.05) is 45.2 Å². The molecule has 0 saturated carbocycles. The number of carbonyl (C=O) groups is 1. The maximum absolute atomic E-state index is 14.2. The third-order valence-electron chi connectivity index (χ3n) is 4.55. The maximum atomic E-state index is 14.2. The molecule has 2 heterocycles. The summed E-state index contributed by atoms with van der Waals surface area (Å²) < 4.78 is 14.2. The van der Waals surface area contributed by atoms with Gasteiger partial charge in [0.1, 0.15) is 11.9 Å². The van der Waals surface area contributed by atoms with Crippen molar-refractivity contribution >= 4 is 11.6 Å². The third kappa shape index (κ3) is 3.79. The molecule has 0 spiro atoms. The highest BCUT2D eigenvalue weighted by atomic mass is 19.1. The number of benzene rings is 1. The summed E-state index contributed by atoms with van der Waals surface area (Å²) in [5, 5.41) is 0. The molecule has 1 aromatic heterocycles. The molecule has 1 aliphatic heterocycles. The molecule has 0 aliphatic carbocycles. The molecule has 5 nitrogen and oxygen atoms in total. The lowest BCUT2D eigenvalue weighted by Crippen LogP contribution is -2.51. The van der Waals surface area contributed by atoms with Gasteiger partial charge in [0.15, 0.2) is 0 Å². The van der Waals surface area contributed by atoms with E-state index in [1.165, 1.54) is 6.07 Å². The fourth-order valence-electron chi connectivity index (χ4n) is 3.23. The average Bonchev–Trinajstić information content (AvgIpc) is 2.64. The Labute approximate surface area is 147 Å². The molecule has 0 unspecified atom stereocenters. The summed E-state index contributed by atoms with van der Waals surface area (Å²) in [5.41, 5.74) is 1.49. The molecule has 0 radical (unpaired) electrons. The number of likely N-dealkylation sites (N-methyl/N-ethyl adjacent to an activating group) is 1. The van der Waals surface area contributed by atoms with E-state index in [1.54, 1.807) is 43.4 Å². The Hall–Kier alpha value is -2.47. The Morgan fingerprint density at radius 3 is 2.44 bits per heavy atom. The van der Waals surface area contributed by atoms with Crippen molar-refractivity contribution in [3.63, 3.8) is 0 Å². The molecule has 6 heteroatoms. The van der Waals surface area contributed by atoms with Gasteiger partial charge in [0.25, 0.3) is 0 Å². The van der Waals surface area contributed by atoms with E-state index in [1.807, 2.05) is 23.2 Å². The minimum atomic E-state index is -0.605. The van der Waals surface area contributed by atoms with Crippen LogP contribution in [0.2, 0.25) is 0 Å². The molecule has 1 saturated heterocycles. The van der Waals surface area contributed by atoms with Crippen LogP contribution in [0.1, 0.15) is 11.6 Å². The summed E-state index contributed by atoms with van der Waals surface area (Å²) in [7, 11) is 3.61. The molecule has 2 aromatic rings. The molecule has 0 N–H and O–H groups in total. The number of amides is 1. The van der Waals surface area contributed by atoms with Crippen molar-refractivity contribution in [2.45, 2.75) is 6.04 Å². The first-order chi connectivity index (χ1) is 12.1. The van der Waals surface area contributed by atoms with Crippen LogP contribution in [0, 0.1) is 5.82 Å². The number of rotatable bonds is 4. The van der Waals surface area contributed by atoms with Crippen LogP contribution in [0.5, 0.6) is 0 Å². The molecule has 1 aliphatic rings. The van der Waals surface area contributed by atoms with E-state index in [9.17, 15) is 9.18 Å². The highest BCUT2D eigenvalue weighted by molar-refractivity contribution is 5.83. The van der Waals surface area contributed by atoms with Gasteiger partial charge in [-0.05, 0) is 32.3 Å². The second-order valence-corrected chi connectivity index (χ2v) is 6.41. The van der Waals surface area contributed by atoms with Gasteiger partial charge in [-0.15, -0.1) is 0 Å². The van der Waals surface area contributed by atoms with Crippen molar-refractivity contribution < 1.29 is 9.18 Å². The molecular weight excluding hydrogens is 319 g/mol. The number of nitrogens with zero attached hydrogens (tertiary/aromatic N) is 4. The molecule has 1 amide bonds. The Morgan fingerprint density at radius 1 is 1.12 bits per heavy atom. The van der Waals surface area contributed by atoms with E-state index in [0.717, 1.165) is 18.8 Å². The third-order valence-corrected chi connectivity index (χ3v) is 4.55. The predicted molar refractivity (Wildman–Crippen MR) is 95.9 cm³/mol. The number of aromatic nitrogens is 1. The SMILES string of the molecule is CN(C)[C@H](C(=O)N1CCN(c2cccnc2)CC1)c1ccccc1F. The summed E-state index contributed by atoms with van der Waals surface area (Å²) in [5.74, 6) is -0.399. The molecule has 1 fully saturated rings. The quantitative estimate of drug-likeness (QED) is 0.854. The van der Waals surface area contributed by atoms with Gasteiger partial charge >= 0.3 is 0 Å². The van der Waals surface area contributed by atoms with Gasteiger partial charge in [0.05, 0.1) is 11.9 Å². The smallest absolute Gasteiger partial charge is 0.244 e. The lowest BCUT2D eigenvalue weighted by Gasteiger charge is -2.38. The second kappa shape index (κ2) is 7.61. The number of carbonyl (C=O) groups excluding carboxylic acids is 1. The Kier molecular flexibility index (Phi) is 5.28. The van der Waals surface area contributed by atoms with Gasteiger partial charge in [0, 0.05) is 37.9 Å². The number of pyridine rings is 1. The average molecular weight is 342 g/mol. The van der Waals surface area contributed by atoms with E-state index >= 15 is 0 Å². The van der Waals surface area contributed by atoms with Gasteiger partial charge in [-0.25, -0.2) is 4.39 Å². The zero-order valence-corrected chi connectivity index (χ0v) is 14.6. The molecule has 1 atom stereocenters. The standard InChI is InChI=1S/C19H23FN4O/c1-22(2)18(16-7-3-4-8-17(16)20)19(25)24-12-10-23(11-13-24)15-6-5-9-21-14-15/h3-9,14,18H,10-13H2,1-2H3/t18-/m0/s1. The van der Waals surface area contributed by atoms with Crippen molar-refractivity contribution in [3.05, 3.63) is 60.2 Å². The van der Waals surface area contributed by atoms with Crippen molar-refractivity contribution in [1.29, 1.82) is 0 Å². The highest BCUT2D eigenvalue weighted by Crippen LogP contribution is 2.25. The zero-order chi connectivity index (χ0) is 17.8. The first-order valence-electron chi connectivity index (χ1n) is 8.42. The van der Waals surface area contributed by atoms with Crippen molar-refractivity contribution in [3.8, 4) is 0 Å². The number of piperazine rings is 1. The Bertz CT molecular complexity index is 714. The molecular formula is C19H23FN4O. The van der Waals surface area contributed by atoms with Gasteiger partial charge in [-0.3, -0.25) is 14.7 Å². The van der Waals surface area contributed by atoms with Crippen molar-refractivity contribution in [2.24, 2.45) is 0 Å². The number of hydrogen-bond acceptors (Lipinski definition) is 4. The highest BCUT2D eigenvalue weighted by Gasteiger charge is 2.31. The zero-order valence-electron chi connectivity index (χ0n) is 14.6. The molecule has 3 rings (SSSR count). The summed E-state index contributed by atoms with van der Waals surface area (Å²) in [6.45, 7) is 2.72. The second-order valence-electron chi connectivity index (χ2n) is 6.41. The fourth-order valence-corrected chi connectivity index (χ4v) is 3.23. The van der Waals surface area contributed by atoms with E-state index in [-0.39, 0.29) is 11.7 Å². The van der Waals surface area contributed by atoms with Crippen LogP contribution in [0.15, 0.2) is 48.8 Å². The van der Waals surface area contributed by atoms with Crippen LogP contribution < -0.4 is 4.90 Å². The minimum Gasteiger partial charge on any atom is -0.367 e. The maximum Gasteiger partial charge on any atom is 0.244 e. The Balaban J connectivity index is 1.71. The van der Waals surface area contributed by atoms with Gasteiger partial charge in [-0.1, -0.05) is 18.2 Å². The summed E-state index contributed by atoms with van der Waals surface area (Å²) in [4.78, 5) is 23.0. The largest absolute Gasteiger partial charge is 0.367 e. The molecule has 25 heavy (non-hydrogen) atoms. The van der Waals surface area contributed by atoms with Crippen LogP contribution in [0.4, 0.5) is 10.1 Å². The van der Waals surface area contributed by atoms with Gasteiger partial charge in [0.2, 0.25) is 5.91 Å². The summed E-state index contributed by atoms with van der Waals surface area (Å²) in [6, 6.07) is 9.82. The molecule has 132 valence electrons. The normalized spacial score (nSPS) is 16.2. The predicted octanol–water partition coefficient (Wildman–Crippen LogP) is 2.17. The van der Waals surface area contributed by atoms with Gasteiger partial charge in [-0.2, -0.15) is 0 Å². The number of halogens is 1. The van der Waals surface area contributed by atoms with E-state index in [0.29, 0.717) is 18.7 Å². The van der Waals surface area contributed by atoms with E-state index in [2.05, 4.69) is 9.88 Å². The topological polar surface area (TPSA) is 39.7 Å². The monoisotopic (exact) mass is 342 g/mol. The van der Waals surface area contributed by atoms with Crippen molar-refractivity contribution in [1.82, 2.24) is 14.8 Å². The van der Waals surface area contributed by atoms with Crippen LogP contribution >= 0.6 is 0 Å². The lowest BCUT2D eigenvalue weighted by molar-refractivity contribution is -0.136. The fraction of sp³-hybridized carbons (Fsp3) is 0.368. The molecule has 1 aromatic carbocycles. The lowest BCUT2D eigenvalue weighted by atomic mass is 10.0. The van der Waals surface area contributed by atoms with Crippen LogP contribution in [0.3, 0.4) is 0 Å². The minimum absolute atomic E-state index is 0.0547. The van der Waals surface area contributed by atoms with E-state index in [4.69, 9.17) is 0 Å².